The molecule has 0 spiro atoms. The summed E-state index contributed by atoms with van der Waals surface area (Å²) in [5.41, 5.74) is 1.23. The molecule has 25 heavy (non-hydrogen) atoms. The van der Waals surface area contributed by atoms with Gasteiger partial charge in [-0.25, -0.2) is 17.4 Å². The second-order valence-corrected chi connectivity index (χ2v) is 9.25. The van der Waals surface area contributed by atoms with Crippen molar-refractivity contribution in [2.45, 2.75) is 17.6 Å². The predicted octanol–water partition coefficient (Wildman–Crippen LogP) is 3.33. The lowest BCUT2D eigenvalue weighted by molar-refractivity contribution is 0.536. The molecule has 8 heteroatoms. The molecule has 4 rings (SSSR count). The summed E-state index contributed by atoms with van der Waals surface area (Å²) in [5.74, 6) is -0.392. The van der Waals surface area contributed by atoms with Gasteiger partial charge in [-0.2, -0.15) is 5.10 Å². The van der Waals surface area contributed by atoms with E-state index >= 15 is 0 Å². The number of rotatable bonds is 3. The molecule has 0 bridgehead atoms. The lowest BCUT2D eigenvalue weighted by atomic mass is 9.85. The SMILES string of the molecule is CC1(S(=O)(=O)n2ccc3cccnc32)C=CC(Br)=CC1c1cn[nH]c1. The van der Waals surface area contributed by atoms with Crippen LogP contribution in [0.25, 0.3) is 11.0 Å². The minimum absolute atomic E-state index is 0.392. The average molecular weight is 419 g/mol. The largest absolute Gasteiger partial charge is 0.285 e. The molecule has 6 nitrogen and oxygen atoms in total. The van der Waals surface area contributed by atoms with E-state index in [1.165, 1.54) is 3.97 Å². The highest BCUT2D eigenvalue weighted by Gasteiger charge is 2.47. The van der Waals surface area contributed by atoms with Crippen LogP contribution in [0.2, 0.25) is 0 Å². The second-order valence-electron chi connectivity index (χ2n) is 6.11. The van der Waals surface area contributed by atoms with E-state index in [-0.39, 0.29) is 0 Å². The van der Waals surface area contributed by atoms with Crippen molar-refractivity contribution >= 4 is 37.0 Å². The topological polar surface area (TPSA) is 80.6 Å². The van der Waals surface area contributed by atoms with E-state index in [1.807, 2.05) is 12.1 Å². The van der Waals surface area contributed by atoms with Gasteiger partial charge in [0, 0.05) is 34.4 Å². The fourth-order valence-corrected chi connectivity index (χ4v) is 5.37. The van der Waals surface area contributed by atoms with Crippen molar-refractivity contribution < 1.29 is 8.42 Å². The summed E-state index contributed by atoms with van der Waals surface area (Å²) < 4.78 is 28.1. The van der Waals surface area contributed by atoms with Crippen LogP contribution in [0.15, 0.2) is 65.7 Å². The first kappa shape index (κ1) is 16.3. The normalized spacial score (nSPS) is 23.8. The summed E-state index contributed by atoms with van der Waals surface area (Å²) in [4.78, 5) is 4.25. The number of hydrogen-bond donors (Lipinski definition) is 1. The van der Waals surface area contributed by atoms with Crippen LogP contribution in [0, 0.1) is 0 Å². The number of halogens is 1. The molecule has 3 aromatic rings. The summed E-state index contributed by atoms with van der Waals surface area (Å²) in [7, 11) is -3.78. The number of aromatic amines is 1. The number of nitrogens with zero attached hydrogens (tertiary/aromatic N) is 3. The van der Waals surface area contributed by atoms with Crippen LogP contribution in [0.4, 0.5) is 0 Å². The molecule has 0 saturated carbocycles. The first-order valence-corrected chi connectivity index (χ1v) is 9.89. The van der Waals surface area contributed by atoms with Gasteiger partial charge >= 0.3 is 0 Å². The molecule has 0 radical (unpaired) electrons. The van der Waals surface area contributed by atoms with Crippen LogP contribution in [0.1, 0.15) is 18.4 Å². The molecule has 0 amide bonds. The Hall–Kier alpha value is -2.19. The first-order chi connectivity index (χ1) is 11.9. The molecule has 2 unspecified atom stereocenters. The van der Waals surface area contributed by atoms with Gasteiger partial charge in [0.2, 0.25) is 10.0 Å². The zero-order valence-corrected chi connectivity index (χ0v) is 15.7. The average Bonchev–Trinajstić information content (AvgIpc) is 3.26. The van der Waals surface area contributed by atoms with Gasteiger partial charge in [0.15, 0.2) is 5.65 Å². The minimum Gasteiger partial charge on any atom is -0.285 e. The van der Waals surface area contributed by atoms with E-state index in [1.54, 1.807) is 56.0 Å². The summed E-state index contributed by atoms with van der Waals surface area (Å²) in [6.07, 6.45) is 11.9. The van der Waals surface area contributed by atoms with Crippen LogP contribution in [-0.2, 0) is 10.0 Å². The number of aromatic nitrogens is 4. The first-order valence-electron chi connectivity index (χ1n) is 7.66. The molecule has 2 atom stereocenters. The Kier molecular flexibility index (Phi) is 3.69. The monoisotopic (exact) mass is 418 g/mol. The Morgan fingerprint density at radius 1 is 1.36 bits per heavy atom. The van der Waals surface area contributed by atoms with Gasteiger partial charge in [0.05, 0.1) is 6.20 Å². The summed E-state index contributed by atoms with van der Waals surface area (Å²) >= 11 is 3.45. The lowest BCUT2D eigenvalue weighted by Crippen LogP contribution is -2.43. The van der Waals surface area contributed by atoms with Crippen LogP contribution in [0.5, 0.6) is 0 Å². The number of allylic oxidation sites excluding steroid dienone is 3. The van der Waals surface area contributed by atoms with Crippen LogP contribution >= 0.6 is 15.9 Å². The highest BCUT2D eigenvalue weighted by atomic mass is 79.9. The van der Waals surface area contributed by atoms with E-state index in [0.717, 1.165) is 15.4 Å². The van der Waals surface area contributed by atoms with Crippen LogP contribution in [0.3, 0.4) is 0 Å². The Morgan fingerprint density at radius 2 is 2.20 bits per heavy atom. The molecule has 0 fully saturated rings. The third-order valence-electron chi connectivity index (χ3n) is 4.63. The number of hydrogen-bond acceptors (Lipinski definition) is 4. The summed E-state index contributed by atoms with van der Waals surface area (Å²) in [5, 5.41) is 7.52. The van der Waals surface area contributed by atoms with Gasteiger partial charge in [-0.05, 0) is 30.7 Å². The molecule has 0 aliphatic heterocycles. The Bertz CT molecular complexity index is 1100. The fraction of sp³-hybridized carbons (Fsp3) is 0.176. The predicted molar refractivity (Wildman–Crippen MR) is 99.9 cm³/mol. The molecular formula is C17H15BrN4O2S. The number of fused-ring (bicyclic) bond motifs is 1. The standard InChI is InChI=1S/C17H15BrN4O2S/c1-17(6-4-14(18)9-15(17)13-10-20-21-11-13)25(23,24)22-8-5-12-3-2-7-19-16(12)22/h2-11,15H,1H3,(H,20,21). The fourth-order valence-electron chi connectivity index (χ4n) is 3.18. The maximum atomic E-state index is 13.6. The Morgan fingerprint density at radius 3 is 2.96 bits per heavy atom. The van der Waals surface area contributed by atoms with Crippen LogP contribution < -0.4 is 0 Å². The maximum Gasteiger partial charge on any atom is 0.250 e. The molecule has 3 heterocycles. The smallest absolute Gasteiger partial charge is 0.250 e. The zero-order valence-electron chi connectivity index (χ0n) is 13.3. The summed E-state index contributed by atoms with van der Waals surface area (Å²) in [6, 6.07) is 5.39. The van der Waals surface area contributed by atoms with Crippen molar-refractivity contribution in [3.05, 3.63) is 71.3 Å². The Balaban J connectivity index is 1.92. The van der Waals surface area contributed by atoms with Gasteiger partial charge in [-0.3, -0.25) is 5.10 Å². The zero-order chi connectivity index (χ0) is 17.7. The van der Waals surface area contributed by atoms with Gasteiger partial charge < -0.3 is 0 Å². The molecule has 1 aliphatic carbocycles. The van der Waals surface area contributed by atoms with Crippen molar-refractivity contribution in [2.75, 3.05) is 0 Å². The minimum atomic E-state index is -3.78. The second kappa shape index (κ2) is 5.67. The number of nitrogens with one attached hydrogen (secondary N) is 1. The summed E-state index contributed by atoms with van der Waals surface area (Å²) in [6.45, 7) is 1.72. The highest BCUT2D eigenvalue weighted by Crippen LogP contribution is 2.43. The Labute approximate surface area is 153 Å². The highest BCUT2D eigenvalue weighted by molar-refractivity contribution is 9.11. The van der Waals surface area contributed by atoms with Gasteiger partial charge in [-0.15, -0.1) is 0 Å². The molecule has 128 valence electrons. The van der Waals surface area contributed by atoms with Gasteiger partial charge in [-0.1, -0.05) is 34.2 Å². The maximum absolute atomic E-state index is 13.6. The van der Waals surface area contributed by atoms with E-state index in [4.69, 9.17) is 0 Å². The van der Waals surface area contributed by atoms with E-state index in [9.17, 15) is 8.42 Å². The number of pyridine rings is 1. The molecule has 0 aromatic carbocycles. The molecule has 3 aromatic heterocycles. The number of H-pyrrole nitrogens is 1. The van der Waals surface area contributed by atoms with Crippen molar-refractivity contribution in [1.82, 2.24) is 19.2 Å². The van der Waals surface area contributed by atoms with Crippen molar-refractivity contribution in [3.8, 4) is 0 Å². The molecule has 1 N–H and O–H groups in total. The molecule has 1 aliphatic rings. The van der Waals surface area contributed by atoms with E-state index < -0.39 is 20.7 Å². The van der Waals surface area contributed by atoms with Crippen molar-refractivity contribution in [1.29, 1.82) is 0 Å². The van der Waals surface area contributed by atoms with Crippen molar-refractivity contribution in [3.63, 3.8) is 0 Å². The molecule has 0 saturated heterocycles. The molecular weight excluding hydrogens is 404 g/mol. The van der Waals surface area contributed by atoms with E-state index in [0.29, 0.717) is 5.65 Å². The van der Waals surface area contributed by atoms with Crippen LogP contribution in [-0.4, -0.2) is 32.3 Å². The van der Waals surface area contributed by atoms with Crippen molar-refractivity contribution in [2.24, 2.45) is 0 Å². The quantitative estimate of drug-likeness (QED) is 0.706. The third-order valence-corrected chi connectivity index (χ3v) is 7.47. The van der Waals surface area contributed by atoms with Gasteiger partial charge in [0.1, 0.15) is 4.75 Å². The van der Waals surface area contributed by atoms with Gasteiger partial charge in [0.25, 0.3) is 0 Å². The third kappa shape index (κ3) is 2.39. The lowest BCUT2D eigenvalue weighted by Gasteiger charge is -2.35. The van der Waals surface area contributed by atoms with E-state index in [2.05, 4.69) is 31.1 Å².